The van der Waals surface area contributed by atoms with E-state index in [9.17, 15) is 4.79 Å². The maximum atomic E-state index is 11.7. The van der Waals surface area contributed by atoms with Crippen LogP contribution >= 0.6 is 0 Å². The Morgan fingerprint density at radius 2 is 2.00 bits per heavy atom. The molecule has 1 aromatic rings. The van der Waals surface area contributed by atoms with Crippen LogP contribution in [-0.4, -0.2) is 10.5 Å². The van der Waals surface area contributed by atoms with Crippen molar-refractivity contribution >= 4 is 5.97 Å². The van der Waals surface area contributed by atoms with Crippen molar-refractivity contribution in [3.63, 3.8) is 0 Å². The number of aryl methyl sites for hydroxylation is 2. The minimum absolute atomic E-state index is 0.129. The molecule has 18 heavy (non-hydrogen) atoms. The first-order valence-electron chi connectivity index (χ1n) is 6.94. The van der Waals surface area contributed by atoms with E-state index in [4.69, 9.17) is 4.74 Å². The van der Waals surface area contributed by atoms with Crippen LogP contribution in [0.1, 0.15) is 52.4 Å². The summed E-state index contributed by atoms with van der Waals surface area (Å²) in [6.07, 6.45) is 10.1. The lowest BCUT2D eigenvalue weighted by Crippen LogP contribution is -2.30. The van der Waals surface area contributed by atoms with Gasteiger partial charge in [-0.3, -0.25) is 4.79 Å². The predicted molar refractivity (Wildman–Crippen MR) is 70.3 cm³/mol. The molecule has 0 aliphatic rings. The van der Waals surface area contributed by atoms with E-state index in [1.54, 1.807) is 0 Å². The Labute approximate surface area is 110 Å². The summed E-state index contributed by atoms with van der Waals surface area (Å²) in [6.45, 7) is 5.02. The minimum atomic E-state index is -0.129. The fourth-order valence-corrected chi connectivity index (χ4v) is 1.91. The third-order valence-electron chi connectivity index (χ3n) is 3.05. The first-order chi connectivity index (χ1) is 8.69. The first kappa shape index (κ1) is 14.7. The summed E-state index contributed by atoms with van der Waals surface area (Å²) in [4.78, 5) is 11.7. The second kappa shape index (κ2) is 7.90. The van der Waals surface area contributed by atoms with Gasteiger partial charge < -0.3 is 4.74 Å². The van der Waals surface area contributed by atoms with Crippen LogP contribution in [-0.2, 0) is 18.4 Å². The lowest BCUT2D eigenvalue weighted by atomic mass is 10.1. The van der Waals surface area contributed by atoms with Gasteiger partial charge in [0.1, 0.15) is 12.4 Å². The summed E-state index contributed by atoms with van der Waals surface area (Å²) in [5.74, 6) is -0.129. The van der Waals surface area contributed by atoms with Crippen LogP contribution in [0.4, 0.5) is 0 Å². The average Bonchev–Trinajstić information content (AvgIpc) is 2.70. The van der Waals surface area contributed by atoms with Gasteiger partial charge in [-0.1, -0.05) is 32.6 Å². The third kappa shape index (κ3) is 4.51. The van der Waals surface area contributed by atoms with Crippen LogP contribution in [0, 0.1) is 0 Å². The van der Waals surface area contributed by atoms with Crippen LogP contribution in [0.25, 0.3) is 0 Å². The van der Waals surface area contributed by atoms with Gasteiger partial charge in [0.05, 0.1) is 13.6 Å². The van der Waals surface area contributed by atoms with E-state index < -0.39 is 0 Å². The van der Waals surface area contributed by atoms with E-state index in [0.717, 1.165) is 19.4 Å². The molecule has 4 nitrogen and oxygen atoms in total. The predicted octanol–water partition coefficient (Wildman–Crippen LogP) is 2.60. The number of esters is 1. The fourth-order valence-electron chi connectivity index (χ4n) is 1.91. The maximum Gasteiger partial charge on any atom is 0.463 e. The normalized spacial score (nSPS) is 10.6. The SMILES string of the molecule is CCCCCCCC(=O)Oc1n(CC)cc[n+]1C. The Balaban J connectivity index is 2.33. The lowest BCUT2D eigenvalue weighted by Gasteiger charge is -2.02. The van der Waals surface area contributed by atoms with Gasteiger partial charge in [-0.2, -0.15) is 9.13 Å². The number of aromatic nitrogens is 2. The van der Waals surface area contributed by atoms with Gasteiger partial charge in [0, 0.05) is 6.42 Å². The summed E-state index contributed by atoms with van der Waals surface area (Å²) >= 11 is 0. The van der Waals surface area contributed by atoms with Crippen LogP contribution in [0.5, 0.6) is 6.01 Å². The lowest BCUT2D eigenvalue weighted by molar-refractivity contribution is -0.675. The Bertz CT molecular complexity index is 372. The smallest absolute Gasteiger partial charge is 0.357 e. The Morgan fingerprint density at radius 3 is 2.67 bits per heavy atom. The van der Waals surface area contributed by atoms with Gasteiger partial charge in [-0.05, 0) is 13.3 Å². The molecule has 0 bridgehead atoms. The number of carbonyl (C=O) groups is 1. The van der Waals surface area contributed by atoms with E-state index >= 15 is 0 Å². The molecular formula is C14H25N2O2+. The van der Waals surface area contributed by atoms with E-state index in [1.807, 2.05) is 35.5 Å². The molecule has 1 aromatic heterocycles. The summed E-state index contributed by atoms with van der Waals surface area (Å²) in [7, 11) is 1.88. The first-order valence-corrected chi connectivity index (χ1v) is 6.94. The molecular weight excluding hydrogens is 228 g/mol. The molecule has 0 saturated carbocycles. The molecule has 0 atom stereocenters. The molecule has 0 amide bonds. The van der Waals surface area contributed by atoms with E-state index in [1.165, 1.54) is 19.3 Å². The monoisotopic (exact) mass is 253 g/mol. The van der Waals surface area contributed by atoms with Crippen molar-refractivity contribution in [1.29, 1.82) is 0 Å². The molecule has 0 radical (unpaired) electrons. The number of nitrogens with zero attached hydrogens (tertiary/aromatic N) is 2. The van der Waals surface area contributed by atoms with Gasteiger partial charge in [0.2, 0.25) is 0 Å². The third-order valence-corrected chi connectivity index (χ3v) is 3.05. The van der Waals surface area contributed by atoms with E-state index in [-0.39, 0.29) is 5.97 Å². The number of hydrogen-bond donors (Lipinski definition) is 0. The van der Waals surface area contributed by atoms with Crippen LogP contribution in [0.3, 0.4) is 0 Å². The van der Waals surface area contributed by atoms with E-state index in [0.29, 0.717) is 12.4 Å². The summed E-state index contributed by atoms with van der Waals surface area (Å²) in [5.41, 5.74) is 0. The zero-order chi connectivity index (χ0) is 13.4. The topological polar surface area (TPSA) is 35.1 Å². The molecule has 0 fully saturated rings. The van der Waals surface area contributed by atoms with Crippen molar-refractivity contribution in [3.8, 4) is 6.01 Å². The van der Waals surface area contributed by atoms with Crippen molar-refractivity contribution in [2.45, 2.75) is 58.9 Å². The van der Waals surface area contributed by atoms with Gasteiger partial charge >= 0.3 is 12.0 Å². The highest BCUT2D eigenvalue weighted by molar-refractivity contribution is 5.71. The number of imidazole rings is 1. The molecule has 0 unspecified atom stereocenters. The van der Waals surface area contributed by atoms with E-state index in [2.05, 4.69) is 6.92 Å². The van der Waals surface area contributed by atoms with Gasteiger partial charge in [0.25, 0.3) is 0 Å². The molecule has 4 heteroatoms. The number of carbonyl (C=O) groups excluding carboxylic acids is 1. The zero-order valence-electron chi connectivity index (χ0n) is 11.8. The largest absolute Gasteiger partial charge is 0.463 e. The van der Waals surface area contributed by atoms with Gasteiger partial charge in [-0.15, -0.1) is 0 Å². The van der Waals surface area contributed by atoms with Crippen molar-refractivity contribution in [3.05, 3.63) is 12.4 Å². The molecule has 0 spiro atoms. The molecule has 0 N–H and O–H groups in total. The molecule has 1 heterocycles. The number of hydrogen-bond acceptors (Lipinski definition) is 2. The Hall–Kier alpha value is -1.32. The summed E-state index contributed by atoms with van der Waals surface area (Å²) in [6, 6.07) is 0.621. The number of ether oxygens (including phenoxy) is 1. The standard InChI is InChI=1S/C14H25N2O2/c1-4-6-7-8-9-10-13(17)18-14-15(3)11-12-16(14)5-2/h11-12H,4-10H2,1-3H3/q+1. The summed E-state index contributed by atoms with van der Waals surface area (Å²) < 4.78 is 9.16. The fraction of sp³-hybridized carbons (Fsp3) is 0.714. The highest BCUT2D eigenvalue weighted by Gasteiger charge is 2.18. The highest BCUT2D eigenvalue weighted by atomic mass is 16.6. The van der Waals surface area contributed by atoms with Gasteiger partial charge in [0.15, 0.2) is 0 Å². The number of unbranched alkanes of at least 4 members (excludes halogenated alkanes) is 4. The summed E-state index contributed by atoms with van der Waals surface area (Å²) in [5, 5.41) is 0. The molecule has 0 aliphatic carbocycles. The van der Waals surface area contributed by atoms with Crippen LogP contribution in [0.15, 0.2) is 12.4 Å². The van der Waals surface area contributed by atoms with Gasteiger partial charge in [-0.25, -0.2) is 0 Å². The Kier molecular flexibility index (Phi) is 6.47. The number of rotatable bonds is 8. The minimum Gasteiger partial charge on any atom is -0.357 e. The van der Waals surface area contributed by atoms with Crippen molar-refractivity contribution in [1.82, 2.24) is 4.57 Å². The zero-order valence-corrected chi connectivity index (χ0v) is 11.8. The average molecular weight is 253 g/mol. The quantitative estimate of drug-likeness (QED) is 0.405. The van der Waals surface area contributed by atoms with Crippen molar-refractivity contribution < 1.29 is 14.1 Å². The van der Waals surface area contributed by atoms with Crippen LogP contribution in [0.2, 0.25) is 0 Å². The molecule has 0 aromatic carbocycles. The second-order valence-corrected chi connectivity index (χ2v) is 4.62. The maximum absolute atomic E-state index is 11.7. The second-order valence-electron chi connectivity index (χ2n) is 4.62. The van der Waals surface area contributed by atoms with Crippen molar-refractivity contribution in [2.75, 3.05) is 0 Å². The molecule has 0 saturated heterocycles. The Morgan fingerprint density at radius 1 is 1.28 bits per heavy atom. The molecule has 1 rings (SSSR count). The highest BCUT2D eigenvalue weighted by Crippen LogP contribution is 2.09. The molecule has 0 aliphatic heterocycles. The van der Waals surface area contributed by atoms with Crippen LogP contribution < -0.4 is 9.30 Å². The van der Waals surface area contributed by atoms with Crippen molar-refractivity contribution in [2.24, 2.45) is 7.05 Å². The molecule has 102 valence electrons.